The van der Waals surface area contributed by atoms with E-state index in [1.165, 1.54) is 6.33 Å². The van der Waals surface area contributed by atoms with Crippen LogP contribution in [-0.4, -0.2) is 37.5 Å². The van der Waals surface area contributed by atoms with Gasteiger partial charge in [-0.25, -0.2) is 9.97 Å². The molecule has 6 heteroatoms. The Hall–Kier alpha value is -1.69. The fourth-order valence-corrected chi connectivity index (χ4v) is 2.30. The summed E-state index contributed by atoms with van der Waals surface area (Å²) < 4.78 is 1.71. The van der Waals surface area contributed by atoms with Gasteiger partial charge in [0.2, 0.25) is 0 Å². The number of aryl methyl sites for hydroxylation is 1. The van der Waals surface area contributed by atoms with Crippen LogP contribution < -0.4 is 5.32 Å². The number of anilines is 1. The Kier molecular flexibility index (Phi) is 4.31. The van der Waals surface area contributed by atoms with Crippen molar-refractivity contribution in [3.63, 3.8) is 0 Å². The smallest absolute Gasteiger partial charge is 0.163 e. The molecule has 19 heavy (non-hydrogen) atoms. The average molecular weight is 263 g/mol. The standard InChI is InChI=1S/C13H21N5O/c1-4-9(5-2)11(19)7-14-12-10-6-17-18(3)13(10)16-8-15-12/h6,8-9,11,19H,4-5,7H2,1-3H3,(H,14,15,16). The van der Waals surface area contributed by atoms with E-state index < -0.39 is 0 Å². The third-order valence-corrected chi connectivity index (χ3v) is 3.60. The number of rotatable bonds is 6. The zero-order valence-electron chi connectivity index (χ0n) is 11.7. The van der Waals surface area contributed by atoms with Gasteiger partial charge in [0.1, 0.15) is 12.1 Å². The maximum Gasteiger partial charge on any atom is 0.163 e. The molecule has 0 saturated carbocycles. The van der Waals surface area contributed by atoms with Crippen LogP contribution in [0.25, 0.3) is 11.0 Å². The first-order valence-electron chi connectivity index (χ1n) is 6.72. The third kappa shape index (κ3) is 2.84. The molecule has 0 aliphatic heterocycles. The maximum atomic E-state index is 10.1. The van der Waals surface area contributed by atoms with Crippen molar-refractivity contribution in [1.29, 1.82) is 0 Å². The lowest BCUT2D eigenvalue weighted by Crippen LogP contribution is -2.28. The summed E-state index contributed by atoms with van der Waals surface area (Å²) in [4.78, 5) is 8.40. The number of hydrogen-bond acceptors (Lipinski definition) is 5. The van der Waals surface area contributed by atoms with E-state index in [1.54, 1.807) is 10.9 Å². The second kappa shape index (κ2) is 5.97. The SMILES string of the molecule is CCC(CC)C(O)CNc1ncnc2c1cnn2C. The van der Waals surface area contributed by atoms with Crippen molar-refractivity contribution in [3.8, 4) is 0 Å². The lowest BCUT2D eigenvalue weighted by atomic mass is 9.96. The van der Waals surface area contributed by atoms with E-state index in [4.69, 9.17) is 0 Å². The number of aromatic nitrogens is 4. The van der Waals surface area contributed by atoms with Gasteiger partial charge in [0.05, 0.1) is 17.7 Å². The molecule has 0 saturated heterocycles. The van der Waals surface area contributed by atoms with Gasteiger partial charge >= 0.3 is 0 Å². The van der Waals surface area contributed by atoms with Gasteiger partial charge in [-0.05, 0) is 5.92 Å². The van der Waals surface area contributed by atoms with E-state index in [2.05, 4.69) is 34.2 Å². The van der Waals surface area contributed by atoms with Crippen molar-refractivity contribution >= 4 is 16.9 Å². The molecule has 2 rings (SSSR count). The molecule has 2 aromatic heterocycles. The minimum atomic E-state index is -0.364. The maximum absolute atomic E-state index is 10.1. The Morgan fingerprint density at radius 2 is 2.05 bits per heavy atom. The molecule has 0 radical (unpaired) electrons. The number of aliphatic hydroxyl groups is 1. The first kappa shape index (κ1) is 13.7. The molecule has 0 amide bonds. The summed E-state index contributed by atoms with van der Waals surface area (Å²) in [6.07, 6.45) is 4.84. The van der Waals surface area contributed by atoms with Crippen LogP contribution in [0.2, 0.25) is 0 Å². The minimum Gasteiger partial charge on any atom is -0.391 e. The zero-order valence-corrected chi connectivity index (χ0v) is 11.7. The molecule has 0 aliphatic carbocycles. The molecule has 6 nitrogen and oxygen atoms in total. The van der Waals surface area contributed by atoms with Crippen molar-refractivity contribution in [2.45, 2.75) is 32.8 Å². The van der Waals surface area contributed by atoms with Crippen LogP contribution >= 0.6 is 0 Å². The van der Waals surface area contributed by atoms with Crippen LogP contribution in [0, 0.1) is 5.92 Å². The van der Waals surface area contributed by atoms with Gasteiger partial charge in [0.25, 0.3) is 0 Å². The number of fused-ring (bicyclic) bond motifs is 1. The van der Waals surface area contributed by atoms with Crippen LogP contribution in [0.3, 0.4) is 0 Å². The number of nitrogens with one attached hydrogen (secondary N) is 1. The van der Waals surface area contributed by atoms with Crippen molar-refractivity contribution in [2.75, 3.05) is 11.9 Å². The number of nitrogens with zero attached hydrogens (tertiary/aromatic N) is 4. The molecule has 0 spiro atoms. The van der Waals surface area contributed by atoms with Gasteiger partial charge in [0.15, 0.2) is 5.65 Å². The van der Waals surface area contributed by atoms with Gasteiger partial charge in [-0.1, -0.05) is 26.7 Å². The minimum absolute atomic E-state index is 0.318. The molecule has 0 aromatic carbocycles. The summed E-state index contributed by atoms with van der Waals surface area (Å²) in [5.41, 5.74) is 0.787. The molecule has 104 valence electrons. The highest BCUT2D eigenvalue weighted by molar-refractivity contribution is 5.85. The lowest BCUT2D eigenvalue weighted by Gasteiger charge is -2.20. The fraction of sp³-hybridized carbons (Fsp3) is 0.615. The molecule has 0 aliphatic rings. The number of aliphatic hydroxyl groups excluding tert-OH is 1. The summed E-state index contributed by atoms with van der Waals surface area (Å²) in [7, 11) is 1.85. The van der Waals surface area contributed by atoms with Crippen LogP contribution in [0.15, 0.2) is 12.5 Å². The lowest BCUT2D eigenvalue weighted by molar-refractivity contribution is 0.114. The van der Waals surface area contributed by atoms with Gasteiger partial charge in [-0.3, -0.25) is 4.68 Å². The molecule has 2 N–H and O–H groups in total. The van der Waals surface area contributed by atoms with E-state index >= 15 is 0 Å². The van der Waals surface area contributed by atoms with Crippen LogP contribution in [0.5, 0.6) is 0 Å². The zero-order chi connectivity index (χ0) is 13.8. The van der Waals surface area contributed by atoms with E-state index in [1.807, 2.05) is 7.05 Å². The summed E-state index contributed by atoms with van der Waals surface area (Å²) in [5, 5.41) is 18.4. The molecule has 0 bridgehead atoms. The summed E-state index contributed by atoms with van der Waals surface area (Å²) in [6, 6.07) is 0. The molecule has 1 unspecified atom stereocenters. The van der Waals surface area contributed by atoms with E-state index in [0.717, 1.165) is 29.7 Å². The largest absolute Gasteiger partial charge is 0.391 e. The first-order chi connectivity index (χ1) is 9.17. The van der Waals surface area contributed by atoms with Gasteiger partial charge in [-0.15, -0.1) is 0 Å². The average Bonchev–Trinajstić information content (AvgIpc) is 2.80. The Balaban J connectivity index is 2.09. The normalized spacial score (nSPS) is 13.1. The van der Waals surface area contributed by atoms with Gasteiger partial charge in [-0.2, -0.15) is 5.10 Å². The Labute approximate surface area is 112 Å². The first-order valence-corrected chi connectivity index (χ1v) is 6.72. The van der Waals surface area contributed by atoms with Crippen LogP contribution in [0.1, 0.15) is 26.7 Å². The summed E-state index contributed by atoms with van der Waals surface area (Å²) in [5.74, 6) is 1.04. The van der Waals surface area contributed by atoms with Gasteiger partial charge < -0.3 is 10.4 Å². The summed E-state index contributed by atoms with van der Waals surface area (Å²) >= 11 is 0. The predicted octanol–water partition coefficient (Wildman–Crippen LogP) is 1.57. The fourth-order valence-electron chi connectivity index (χ4n) is 2.30. The molecular formula is C13H21N5O. The topological polar surface area (TPSA) is 75.9 Å². The third-order valence-electron chi connectivity index (χ3n) is 3.60. The second-order valence-electron chi connectivity index (χ2n) is 4.75. The van der Waals surface area contributed by atoms with Gasteiger partial charge in [0, 0.05) is 13.6 Å². The van der Waals surface area contributed by atoms with Crippen LogP contribution in [-0.2, 0) is 7.05 Å². The predicted molar refractivity (Wildman–Crippen MR) is 74.9 cm³/mol. The van der Waals surface area contributed by atoms with Crippen molar-refractivity contribution in [1.82, 2.24) is 19.7 Å². The Morgan fingerprint density at radius 1 is 1.32 bits per heavy atom. The van der Waals surface area contributed by atoms with Crippen molar-refractivity contribution < 1.29 is 5.11 Å². The number of hydrogen-bond donors (Lipinski definition) is 2. The summed E-state index contributed by atoms with van der Waals surface area (Å²) in [6.45, 7) is 4.69. The quantitative estimate of drug-likeness (QED) is 0.827. The molecule has 2 heterocycles. The monoisotopic (exact) mass is 263 g/mol. The second-order valence-corrected chi connectivity index (χ2v) is 4.75. The molecule has 0 fully saturated rings. The highest BCUT2D eigenvalue weighted by Gasteiger charge is 2.16. The molecule has 2 aromatic rings. The Bertz CT molecular complexity index is 535. The highest BCUT2D eigenvalue weighted by Crippen LogP contribution is 2.19. The van der Waals surface area contributed by atoms with E-state index in [9.17, 15) is 5.11 Å². The van der Waals surface area contributed by atoms with Crippen molar-refractivity contribution in [3.05, 3.63) is 12.5 Å². The Morgan fingerprint density at radius 3 is 2.74 bits per heavy atom. The van der Waals surface area contributed by atoms with Crippen molar-refractivity contribution in [2.24, 2.45) is 13.0 Å². The van der Waals surface area contributed by atoms with E-state index in [0.29, 0.717) is 12.5 Å². The van der Waals surface area contributed by atoms with Crippen LogP contribution in [0.4, 0.5) is 5.82 Å². The molecule has 1 atom stereocenters. The van der Waals surface area contributed by atoms with E-state index in [-0.39, 0.29) is 6.10 Å². The molecular weight excluding hydrogens is 242 g/mol. The highest BCUT2D eigenvalue weighted by atomic mass is 16.3.